The van der Waals surface area contributed by atoms with E-state index in [1.54, 1.807) is 12.1 Å². The van der Waals surface area contributed by atoms with Crippen LogP contribution in [0.15, 0.2) is 47.4 Å². The summed E-state index contributed by atoms with van der Waals surface area (Å²) >= 11 is 0. The lowest BCUT2D eigenvalue weighted by Crippen LogP contribution is -2.27. The van der Waals surface area contributed by atoms with Crippen LogP contribution >= 0.6 is 0 Å². The molecule has 112 valence electrons. The van der Waals surface area contributed by atoms with Crippen molar-refractivity contribution in [3.05, 3.63) is 65.2 Å². The number of nitrogens with one attached hydrogen (secondary N) is 1. The minimum Gasteiger partial charge on any atom is -0.207 e. The van der Waals surface area contributed by atoms with Crippen molar-refractivity contribution in [2.75, 3.05) is 0 Å². The zero-order valence-corrected chi connectivity index (χ0v) is 12.4. The van der Waals surface area contributed by atoms with Crippen LogP contribution in [0.25, 0.3) is 0 Å². The molecule has 0 aromatic heterocycles. The van der Waals surface area contributed by atoms with Gasteiger partial charge in [0.2, 0.25) is 10.0 Å². The van der Waals surface area contributed by atoms with Crippen LogP contribution < -0.4 is 4.72 Å². The summed E-state index contributed by atoms with van der Waals surface area (Å²) in [5, 5.41) is 0. The fourth-order valence-corrected chi connectivity index (χ4v) is 3.16. The summed E-state index contributed by atoms with van der Waals surface area (Å²) in [6.07, 6.45) is 0. The topological polar surface area (TPSA) is 46.2 Å². The molecule has 0 heterocycles. The van der Waals surface area contributed by atoms with Crippen LogP contribution in [0.3, 0.4) is 0 Å². The molecule has 2 aromatic rings. The van der Waals surface area contributed by atoms with Gasteiger partial charge in [0.15, 0.2) is 0 Å². The van der Waals surface area contributed by atoms with Crippen molar-refractivity contribution in [2.24, 2.45) is 0 Å². The van der Waals surface area contributed by atoms with Crippen LogP contribution in [0, 0.1) is 18.6 Å². The van der Waals surface area contributed by atoms with Crippen LogP contribution in [0.5, 0.6) is 0 Å². The minimum absolute atomic E-state index is 0.0899. The summed E-state index contributed by atoms with van der Waals surface area (Å²) in [5.41, 5.74) is 1.03. The Bertz CT molecular complexity index is 743. The van der Waals surface area contributed by atoms with Crippen molar-refractivity contribution in [3.8, 4) is 0 Å². The van der Waals surface area contributed by atoms with E-state index in [9.17, 15) is 17.2 Å². The Morgan fingerprint density at radius 3 is 2.24 bits per heavy atom. The van der Waals surface area contributed by atoms with Gasteiger partial charge in [-0.3, -0.25) is 0 Å². The molecule has 2 rings (SSSR count). The van der Waals surface area contributed by atoms with E-state index in [0.717, 1.165) is 17.7 Å². The molecule has 0 aliphatic carbocycles. The van der Waals surface area contributed by atoms with Crippen LogP contribution in [-0.2, 0) is 10.0 Å². The zero-order chi connectivity index (χ0) is 15.6. The molecule has 0 spiro atoms. The molecule has 3 nitrogen and oxygen atoms in total. The van der Waals surface area contributed by atoms with E-state index < -0.39 is 27.7 Å². The number of rotatable bonds is 4. The Labute approximate surface area is 122 Å². The van der Waals surface area contributed by atoms with E-state index in [2.05, 4.69) is 4.72 Å². The van der Waals surface area contributed by atoms with Crippen molar-refractivity contribution in [1.29, 1.82) is 0 Å². The second-order valence-electron chi connectivity index (χ2n) is 4.82. The first-order valence-electron chi connectivity index (χ1n) is 6.33. The maximum absolute atomic E-state index is 13.7. The number of halogens is 2. The molecular weight excluding hydrogens is 296 g/mol. The van der Waals surface area contributed by atoms with Gasteiger partial charge in [-0.2, -0.15) is 0 Å². The molecule has 2 aromatic carbocycles. The molecule has 0 saturated carbocycles. The van der Waals surface area contributed by atoms with Crippen molar-refractivity contribution in [3.63, 3.8) is 0 Å². The number of aryl methyl sites for hydroxylation is 1. The molecular formula is C15H15F2NO2S. The molecule has 21 heavy (non-hydrogen) atoms. The van der Waals surface area contributed by atoms with Gasteiger partial charge in [0, 0.05) is 17.7 Å². The first kappa shape index (κ1) is 15.6. The zero-order valence-electron chi connectivity index (χ0n) is 11.6. The standard InChI is InChI=1S/C15H15F2NO2S/c1-10-3-6-13(7-4-10)21(19,20)18-11(2)14-8-5-12(16)9-15(14)17/h3-9,11,18H,1-2H3/t11-/m0/s1. The summed E-state index contributed by atoms with van der Waals surface area (Å²) < 4.78 is 53.3. The van der Waals surface area contributed by atoms with Gasteiger partial charge in [-0.05, 0) is 32.0 Å². The van der Waals surface area contributed by atoms with Crippen molar-refractivity contribution >= 4 is 10.0 Å². The third kappa shape index (κ3) is 3.65. The Hall–Kier alpha value is -1.79. The van der Waals surface area contributed by atoms with Crippen molar-refractivity contribution in [1.82, 2.24) is 4.72 Å². The lowest BCUT2D eigenvalue weighted by Gasteiger charge is -2.15. The Morgan fingerprint density at radius 2 is 1.67 bits per heavy atom. The number of sulfonamides is 1. The molecule has 0 unspecified atom stereocenters. The van der Waals surface area contributed by atoms with Crippen molar-refractivity contribution in [2.45, 2.75) is 24.8 Å². The summed E-state index contributed by atoms with van der Waals surface area (Å²) in [7, 11) is -3.76. The Balaban J connectivity index is 2.25. The third-order valence-electron chi connectivity index (χ3n) is 3.09. The maximum atomic E-state index is 13.7. The molecule has 1 N–H and O–H groups in total. The SMILES string of the molecule is Cc1ccc(S(=O)(=O)N[C@@H](C)c2ccc(F)cc2F)cc1. The van der Waals surface area contributed by atoms with E-state index in [1.807, 2.05) is 6.92 Å². The molecule has 0 amide bonds. The molecule has 6 heteroatoms. The summed E-state index contributed by atoms with van der Waals surface area (Å²) in [5.74, 6) is -1.49. The monoisotopic (exact) mass is 311 g/mol. The first-order valence-corrected chi connectivity index (χ1v) is 7.82. The molecule has 0 radical (unpaired) electrons. The second-order valence-corrected chi connectivity index (χ2v) is 6.54. The summed E-state index contributed by atoms with van der Waals surface area (Å²) in [6.45, 7) is 3.35. The Kier molecular flexibility index (Phi) is 4.39. The van der Waals surface area contributed by atoms with Crippen LogP contribution in [0.1, 0.15) is 24.1 Å². The first-order chi connectivity index (χ1) is 9.79. The highest BCUT2D eigenvalue weighted by atomic mass is 32.2. The largest absolute Gasteiger partial charge is 0.241 e. The van der Waals surface area contributed by atoms with E-state index >= 15 is 0 Å². The van der Waals surface area contributed by atoms with E-state index in [-0.39, 0.29) is 10.5 Å². The lowest BCUT2D eigenvalue weighted by molar-refractivity contribution is 0.540. The number of hydrogen-bond acceptors (Lipinski definition) is 2. The highest BCUT2D eigenvalue weighted by molar-refractivity contribution is 7.89. The quantitative estimate of drug-likeness (QED) is 0.941. The predicted octanol–water partition coefficient (Wildman–Crippen LogP) is 3.31. The normalized spacial score (nSPS) is 13.1. The van der Waals surface area contributed by atoms with Gasteiger partial charge in [0.25, 0.3) is 0 Å². The fraction of sp³-hybridized carbons (Fsp3) is 0.200. The average molecular weight is 311 g/mol. The summed E-state index contributed by atoms with van der Waals surface area (Å²) in [4.78, 5) is 0.0995. The van der Waals surface area contributed by atoms with Gasteiger partial charge >= 0.3 is 0 Å². The van der Waals surface area contributed by atoms with Crippen LogP contribution in [-0.4, -0.2) is 8.42 Å². The van der Waals surface area contributed by atoms with Gasteiger partial charge in [0.05, 0.1) is 4.90 Å². The highest BCUT2D eigenvalue weighted by Gasteiger charge is 2.20. The molecule has 0 bridgehead atoms. The smallest absolute Gasteiger partial charge is 0.207 e. The average Bonchev–Trinajstić information content (AvgIpc) is 2.38. The van der Waals surface area contributed by atoms with Crippen LogP contribution in [0.4, 0.5) is 8.78 Å². The fourth-order valence-electron chi connectivity index (χ4n) is 1.93. The van der Waals surface area contributed by atoms with Gasteiger partial charge in [-0.25, -0.2) is 21.9 Å². The highest BCUT2D eigenvalue weighted by Crippen LogP contribution is 2.20. The van der Waals surface area contributed by atoms with Gasteiger partial charge in [-0.15, -0.1) is 0 Å². The van der Waals surface area contributed by atoms with E-state index in [0.29, 0.717) is 0 Å². The Morgan fingerprint density at radius 1 is 1.05 bits per heavy atom. The van der Waals surface area contributed by atoms with Crippen LogP contribution in [0.2, 0.25) is 0 Å². The van der Waals surface area contributed by atoms with E-state index in [1.165, 1.54) is 25.1 Å². The molecule has 0 aliphatic rings. The van der Waals surface area contributed by atoms with E-state index in [4.69, 9.17) is 0 Å². The third-order valence-corrected chi connectivity index (χ3v) is 4.65. The molecule has 0 saturated heterocycles. The number of hydrogen-bond donors (Lipinski definition) is 1. The van der Waals surface area contributed by atoms with Gasteiger partial charge in [0.1, 0.15) is 11.6 Å². The maximum Gasteiger partial charge on any atom is 0.241 e. The van der Waals surface area contributed by atoms with Gasteiger partial charge in [-0.1, -0.05) is 23.8 Å². The summed E-state index contributed by atoms with van der Waals surface area (Å²) in [6, 6.07) is 8.55. The number of benzene rings is 2. The molecule has 1 atom stereocenters. The lowest BCUT2D eigenvalue weighted by atomic mass is 10.1. The molecule has 0 aliphatic heterocycles. The minimum atomic E-state index is -3.76. The second kappa shape index (κ2) is 5.91. The van der Waals surface area contributed by atoms with Crippen molar-refractivity contribution < 1.29 is 17.2 Å². The van der Waals surface area contributed by atoms with Gasteiger partial charge < -0.3 is 0 Å². The molecule has 0 fully saturated rings. The predicted molar refractivity (Wildman–Crippen MR) is 76.3 cm³/mol.